The molecule has 3 saturated heterocycles. The molecule has 3 fully saturated rings. The fraction of sp³-hybridized carbons (Fsp3) is 0.808. The van der Waals surface area contributed by atoms with Crippen LogP contribution < -0.4 is 26.6 Å². The van der Waals surface area contributed by atoms with Crippen molar-refractivity contribution in [3.05, 3.63) is 0 Å². The number of amides is 5. The highest BCUT2D eigenvalue weighted by Crippen LogP contribution is 2.33. The molecule has 6 atom stereocenters. The fourth-order valence-electron chi connectivity index (χ4n) is 4.85. The van der Waals surface area contributed by atoms with Crippen LogP contribution in [0.15, 0.2) is 0 Å². The van der Waals surface area contributed by atoms with Gasteiger partial charge >= 0.3 is 12.0 Å². The summed E-state index contributed by atoms with van der Waals surface area (Å²) in [5, 5.41) is 14.8. The first-order valence-corrected chi connectivity index (χ1v) is 15.1. The summed E-state index contributed by atoms with van der Waals surface area (Å²) < 4.78 is 9.98. The maximum absolute atomic E-state index is 12.7. The topological polar surface area (TPSA) is 167 Å². The highest BCUT2D eigenvalue weighted by atomic mass is 32.2. The molecule has 0 aliphatic carbocycles. The molecule has 0 radical (unpaired) electrons. The quantitative estimate of drug-likeness (QED) is 0.0734. The van der Waals surface area contributed by atoms with Crippen LogP contribution in [0, 0.1) is 5.92 Å². The number of carbonyl (C=O) groups excluding carboxylic acids is 5. The maximum atomic E-state index is 12.7. The van der Waals surface area contributed by atoms with Gasteiger partial charge in [-0.2, -0.15) is 11.8 Å². The van der Waals surface area contributed by atoms with Gasteiger partial charge in [-0.1, -0.05) is 20.3 Å². The zero-order chi connectivity index (χ0) is 28.4. The molecule has 3 rings (SSSR count). The minimum absolute atomic E-state index is 0.0231. The number of fused-ring (bicyclic) bond motifs is 1. The number of nitrogens with one attached hydrogen (secondary N) is 5. The van der Waals surface area contributed by atoms with E-state index in [0.717, 1.165) is 31.4 Å². The molecule has 0 aromatic rings. The van der Waals surface area contributed by atoms with Crippen LogP contribution in [-0.4, -0.2) is 90.8 Å². The second kappa shape index (κ2) is 15.3. The Morgan fingerprint density at radius 2 is 1.79 bits per heavy atom. The number of ether oxygens (including phenoxy) is 2. The third-order valence-electron chi connectivity index (χ3n) is 6.91. The molecule has 39 heavy (non-hydrogen) atoms. The summed E-state index contributed by atoms with van der Waals surface area (Å²) in [4.78, 5) is 60.4. The molecule has 5 amide bonds. The Bertz CT molecular complexity index is 889. The van der Waals surface area contributed by atoms with Crippen molar-refractivity contribution in [3.8, 4) is 0 Å². The fourth-order valence-corrected chi connectivity index (χ4v) is 6.39. The van der Waals surface area contributed by atoms with Crippen LogP contribution in [0.3, 0.4) is 0 Å². The normalized spacial score (nSPS) is 25.7. The molecule has 220 valence electrons. The van der Waals surface area contributed by atoms with Gasteiger partial charge in [0.1, 0.15) is 6.04 Å². The van der Waals surface area contributed by atoms with Gasteiger partial charge in [0, 0.05) is 30.5 Å². The van der Waals surface area contributed by atoms with E-state index < -0.39 is 30.1 Å². The summed E-state index contributed by atoms with van der Waals surface area (Å²) in [7, 11) is 0. The molecule has 0 aromatic heterocycles. The molecule has 3 aliphatic heterocycles. The number of unbranched alkanes of at least 4 members (excludes halogenated alkanes) is 2. The lowest BCUT2D eigenvalue weighted by Gasteiger charge is -2.20. The second-order valence-corrected chi connectivity index (χ2v) is 11.9. The van der Waals surface area contributed by atoms with E-state index in [1.165, 1.54) is 0 Å². The summed E-state index contributed by atoms with van der Waals surface area (Å²) in [6.45, 7) is 6.76. The number of esters is 1. The summed E-state index contributed by atoms with van der Waals surface area (Å²) in [5.74, 6) is -0.218. The number of hydrogen-bond donors (Lipinski definition) is 5. The third kappa shape index (κ3) is 9.86. The van der Waals surface area contributed by atoms with E-state index in [1.807, 2.05) is 25.6 Å². The van der Waals surface area contributed by atoms with Crippen LogP contribution in [0.5, 0.6) is 0 Å². The van der Waals surface area contributed by atoms with Gasteiger partial charge in [-0.05, 0) is 44.9 Å². The first-order chi connectivity index (χ1) is 18.7. The van der Waals surface area contributed by atoms with Crippen molar-refractivity contribution >= 4 is 41.5 Å². The van der Waals surface area contributed by atoms with Crippen LogP contribution in [0.2, 0.25) is 0 Å². The van der Waals surface area contributed by atoms with E-state index in [-0.39, 0.29) is 42.5 Å². The number of hydrogen-bond acceptors (Lipinski definition) is 8. The van der Waals surface area contributed by atoms with Gasteiger partial charge in [0.2, 0.25) is 11.8 Å². The van der Waals surface area contributed by atoms with Gasteiger partial charge in [-0.3, -0.25) is 14.4 Å². The first kappa shape index (κ1) is 31.0. The monoisotopic (exact) mass is 569 g/mol. The van der Waals surface area contributed by atoms with Gasteiger partial charge in [-0.15, -0.1) is 0 Å². The highest BCUT2D eigenvalue weighted by Gasteiger charge is 2.52. The SMILES string of the molecule is CCOC(=O)[C@H]1O[C@@H]1C(=O)NC(CC(C)C)C(=O)NCCCCNC(=O)CCCC[C@@H]1SC[C@@H]2NC(=O)N[C@@H]21. The van der Waals surface area contributed by atoms with Crippen molar-refractivity contribution in [2.75, 3.05) is 25.4 Å². The van der Waals surface area contributed by atoms with Gasteiger partial charge < -0.3 is 36.1 Å². The largest absolute Gasteiger partial charge is 0.464 e. The van der Waals surface area contributed by atoms with E-state index in [4.69, 9.17) is 9.47 Å². The third-order valence-corrected chi connectivity index (χ3v) is 8.42. The van der Waals surface area contributed by atoms with Gasteiger partial charge in [0.15, 0.2) is 12.2 Å². The maximum Gasteiger partial charge on any atom is 0.338 e. The van der Waals surface area contributed by atoms with Crippen molar-refractivity contribution in [2.45, 2.75) is 101 Å². The predicted molar refractivity (Wildman–Crippen MR) is 146 cm³/mol. The summed E-state index contributed by atoms with van der Waals surface area (Å²) in [6.07, 6.45) is 3.26. The highest BCUT2D eigenvalue weighted by molar-refractivity contribution is 8.00. The van der Waals surface area contributed by atoms with Crippen molar-refractivity contribution in [2.24, 2.45) is 5.92 Å². The average Bonchev–Trinajstić information content (AvgIpc) is 3.49. The van der Waals surface area contributed by atoms with Gasteiger partial charge in [0.25, 0.3) is 5.91 Å². The van der Waals surface area contributed by atoms with Gasteiger partial charge in [0.05, 0.1) is 18.7 Å². The van der Waals surface area contributed by atoms with Crippen molar-refractivity contribution in [1.82, 2.24) is 26.6 Å². The summed E-state index contributed by atoms with van der Waals surface area (Å²) >= 11 is 1.88. The zero-order valence-electron chi connectivity index (χ0n) is 23.1. The van der Waals surface area contributed by atoms with E-state index in [0.29, 0.717) is 37.6 Å². The minimum Gasteiger partial charge on any atom is -0.464 e. The molecule has 0 aromatic carbocycles. The van der Waals surface area contributed by atoms with Crippen LogP contribution in [-0.2, 0) is 28.7 Å². The molecule has 3 aliphatic rings. The lowest BCUT2D eigenvalue weighted by molar-refractivity contribution is -0.144. The number of thioether (sulfide) groups is 1. The predicted octanol–water partition coefficient (Wildman–Crippen LogP) is 0.586. The standard InChI is InChI=1S/C26H43N5O7S/c1-4-37-25(35)22-21(38-22)24(34)29-16(13-15(2)3)23(33)28-12-8-7-11-27-19(32)10-6-5-9-18-20-17(14-39-18)30-26(36)31-20/h15-18,20-22H,4-14H2,1-3H3,(H,27,32)(H,28,33)(H,29,34)(H2,30,31,36)/t16?,17-,18-,20-,21-,22-/m0/s1. The first-order valence-electron chi connectivity index (χ1n) is 14.0. The van der Waals surface area contributed by atoms with Crippen molar-refractivity contribution in [3.63, 3.8) is 0 Å². The van der Waals surface area contributed by atoms with Gasteiger partial charge in [-0.25, -0.2) is 9.59 Å². The lowest BCUT2D eigenvalue weighted by atomic mass is 10.0. The summed E-state index contributed by atoms with van der Waals surface area (Å²) in [5.41, 5.74) is 0. The number of carbonyl (C=O) groups is 5. The summed E-state index contributed by atoms with van der Waals surface area (Å²) in [6, 6.07) is -0.377. The molecular weight excluding hydrogens is 526 g/mol. The lowest BCUT2D eigenvalue weighted by Crippen LogP contribution is -2.49. The molecule has 0 bridgehead atoms. The number of epoxide rings is 1. The Balaban J connectivity index is 1.22. The molecule has 13 heteroatoms. The Morgan fingerprint density at radius 1 is 1.05 bits per heavy atom. The van der Waals surface area contributed by atoms with E-state index in [9.17, 15) is 24.0 Å². The molecule has 1 unspecified atom stereocenters. The molecule has 5 N–H and O–H groups in total. The van der Waals surface area contributed by atoms with Crippen LogP contribution in [0.1, 0.15) is 65.7 Å². The zero-order valence-corrected chi connectivity index (χ0v) is 23.9. The number of rotatable bonds is 17. The second-order valence-electron chi connectivity index (χ2n) is 10.6. The Kier molecular flexibility index (Phi) is 12.2. The van der Waals surface area contributed by atoms with E-state index in [2.05, 4.69) is 26.6 Å². The Labute approximate surface area is 234 Å². The average molecular weight is 570 g/mol. The van der Waals surface area contributed by atoms with Crippen molar-refractivity contribution in [1.29, 1.82) is 0 Å². The van der Waals surface area contributed by atoms with Crippen LogP contribution in [0.25, 0.3) is 0 Å². The van der Waals surface area contributed by atoms with E-state index >= 15 is 0 Å². The van der Waals surface area contributed by atoms with E-state index in [1.54, 1.807) is 6.92 Å². The minimum atomic E-state index is -0.920. The Morgan fingerprint density at radius 3 is 2.51 bits per heavy atom. The van der Waals surface area contributed by atoms with Crippen molar-refractivity contribution < 1.29 is 33.4 Å². The molecule has 0 spiro atoms. The smallest absolute Gasteiger partial charge is 0.338 e. The number of urea groups is 1. The molecular formula is C26H43N5O7S. The molecule has 3 heterocycles. The Hall–Kier alpha value is -2.54. The van der Waals surface area contributed by atoms with Crippen LogP contribution in [0.4, 0.5) is 4.79 Å². The van der Waals surface area contributed by atoms with Crippen LogP contribution >= 0.6 is 11.8 Å². The molecule has 12 nitrogen and oxygen atoms in total. The molecule has 0 saturated carbocycles.